The van der Waals surface area contributed by atoms with Crippen LogP contribution in [-0.4, -0.2) is 25.3 Å². The first-order valence-corrected chi connectivity index (χ1v) is 6.08. The number of phenolic OH excluding ortho intramolecular Hbond substituents is 1. The Morgan fingerprint density at radius 3 is 2.67 bits per heavy atom. The molecule has 1 aromatic carbocycles. The Labute approximate surface area is 108 Å². The molecule has 1 aromatic heterocycles. The number of thiophene rings is 1. The van der Waals surface area contributed by atoms with Gasteiger partial charge in [-0.25, -0.2) is 4.79 Å². The van der Waals surface area contributed by atoms with Crippen LogP contribution in [0.3, 0.4) is 0 Å². The maximum atomic E-state index is 11.4. The van der Waals surface area contributed by atoms with E-state index < -0.39 is 0 Å². The van der Waals surface area contributed by atoms with E-state index in [4.69, 9.17) is 4.74 Å². The summed E-state index contributed by atoms with van der Waals surface area (Å²) in [6.07, 6.45) is 0. The number of phenols is 1. The topological polar surface area (TPSA) is 55.8 Å². The highest BCUT2D eigenvalue weighted by atomic mass is 32.1. The minimum absolute atomic E-state index is 0.0877. The van der Waals surface area contributed by atoms with Crippen molar-refractivity contribution in [3.05, 3.63) is 34.5 Å². The van der Waals surface area contributed by atoms with Gasteiger partial charge in [0.15, 0.2) is 11.5 Å². The van der Waals surface area contributed by atoms with Gasteiger partial charge in [-0.15, -0.1) is 11.3 Å². The molecule has 2 rings (SSSR count). The van der Waals surface area contributed by atoms with Gasteiger partial charge in [-0.3, -0.25) is 0 Å². The highest BCUT2D eigenvalue weighted by molar-refractivity contribution is 7.12. The number of hydrogen-bond donors (Lipinski definition) is 1. The molecule has 5 heteroatoms. The number of methoxy groups -OCH3 is 2. The molecule has 4 nitrogen and oxygen atoms in total. The monoisotopic (exact) mass is 264 g/mol. The predicted molar refractivity (Wildman–Crippen MR) is 69.3 cm³/mol. The van der Waals surface area contributed by atoms with Gasteiger partial charge in [0.1, 0.15) is 4.88 Å². The van der Waals surface area contributed by atoms with E-state index in [1.807, 2.05) is 5.38 Å². The van der Waals surface area contributed by atoms with Crippen molar-refractivity contribution >= 4 is 17.3 Å². The average Bonchev–Trinajstić information content (AvgIpc) is 2.88. The van der Waals surface area contributed by atoms with Crippen LogP contribution in [-0.2, 0) is 4.74 Å². The summed E-state index contributed by atoms with van der Waals surface area (Å²) >= 11 is 1.32. The smallest absolute Gasteiger partial charge is 0.348 e. The first-order valence-electron chi connectivity index (χ1n) is 5.20. The molecule has 94 valence electrons. The number of rotatable bonds is 3. The van der Waals surface area contributed by atoms with Crippen LogP contribution < -0.4 is 4.74 Å². The molecule has 0 saturated heterocycles. The number of ether oxygens (including phenoxy) is 2. The first kappa shape index (κ1) is 12.4. The average molecular weight is 264 g/mol. The Kier molecular flexibility index (Phi) is 3.53. The van der Waals surface area contributed by atoms with Crippen molar-refractivity contribution in [1.82, 2.24) is 0 Å². The zero-order chi connectivity index (χ0) is 13.1. The molecule has 0 atom stereocenters. The molecule has 0 radical (unpaired) electrons. The standard InChI is InChI=1S/C13H12O4S/c1-16-11-5-8(3-4-10(11)14)9-6-12(18-7-9)13(15)17-2/h3-7,14H,1-2H3. The summed E-state index contributed by atoms with van der Waals surface area (Å²) in [7, 11) is 2.84. The number of esters is 1. The van der Waals surface area contributed by atoms with Gasteiger partial charge in [0.2, 0.25) is 0 Å². The van der Waals surface area contributed by atoms with E-state index in [2.05, 4.69) is 4.74 Å². The maximum Gasteiger partial charge on any atom is 0.348 e. The number of carbonyl (C=O) groups excluding carboxylic acids is 1. The maximum absolute atomic E-state index is 11.4. The molecule has 0 aliphatic carbocycles. The second kappa shape index (κ2) is 5.10. The van der Waals surface area contributed by atoms with Gasteiger partial charge in [-0.2, -0.15) is 0 Å². The molecule has 0 bridgehead atoms. The van der Waals surface area contributed by atoms with Crippen molar-refractivity contribution in [1.29, 1.82) is 0 Å². The SMILES string of the molecule is COC(=O)c1cc(-c2ccc(O)c(OC)c2)cs1. The van der Waals surface area contributed by atoms with E-state index in [1.54, 1.807) is 24.3 Å². The van der Waals surface area contributed by atoms with Crippen LogP contribution >= 0.6 is 11.3 Å². The largest absolute Gasteiger partial charge is 0.504 e. The predicted octanol–water partition coefficient (Wildman–Crippen LogP) is 2.92. The van der Waals surface area contributed by atoms with Crippen LogP contribution in [0.1, 0.15) is 9.67 Å². The molecule has 0 saturated carbocycles. The van der Waals surface area contributed by atoms with Crippen LogP contribution in [0.4, 0.5) is 0 Å². The fraction of sp³-hybridized carbons (Fsp3) is 0.154. The third-order valence-electron chi connectivity index (χ3n) is 2.50. The quantitative estimate of drug-likeness (QED) is 0.866. The molecule has 0 aliphatic heterocycles. The molecule has 1 N–H and O–H groups in total. The number of aromatic hydroxyl groups is 1. The summed E-state index contributed by atoms with van der Waals surface area (Å²) in [4.78, 5) is 11.9. The Morgan fingerprint density at radius 2 is 2.00 bits per heavy atom. The Balaban J connectivity index is 2.37. The molecule has 0 fully saturated rings. The van der Waals surface area contributed by atoms with Crippen molar-refractivity contribution in [3.63, 3.8) is 0 Å². The van der Waals surface area contributed by atoms with E-state index in [1.165, 1.54) is 25.6 Å². The molecular formula is C13H12O4S. The van der Waals surface area contributed by atoms with Crippen molar-refractivity contribution in [2.24, 2.45) is 0 Å². The van der Waals surface area contributed by atoms with Crippen LogP contribution in [0.25, 0.3) is 11.1 Å². The second-order valence-electron chi connectivity index (χ2n) is 3.58. The van der Waals surface area contributed by atoms with Crippen LogP contribution in [0.15, 0.2) is 29.6 Å². The van der Waals surface area contributed by atoms with Crippen LogP contribution in [0.5, 0.6) is 11.5 Å². The molecule has 2 aromatic rings. The zero-order valence-corrected chi connectivity index (χ0v) is 10.8. The molecule has 0 aliphatic rings. The van der Waals surface area contributed by atoms with Gasteiger partial charge in [0.05, 0.1) is 14.2 Å². The number of carbonyl (C=O) groups is 1. The Bertz CT molecular complexity index is 574. The molecule has 1 heterocycles. The molecule has 0 unspecified atom stereocenters. The summed E-state index contributed by atoms with van der Waals surface area (Å²) < 4.78 is 9.70. The summed E-state index contributed by atoms with van der Waals surface area (Å²) in [5.41, 5.74) is 1.76. The molecule has 0 amide bonds. The lowest BCUT2D eigenvalue weighted by molar-refractivity contribution is 0.0606. The normalized spacial score (nSPS) is 10.1. The van der Waals surface area contributed by atoms with Gasteiger partial charge in [0, 0.05) is 0 Å². The van der Waals surface area contributed by atoms with E-state index in [9.17, 15) is 9.90 Å². The lowest BCUT2D eigenvalue weighted by Gasteiger charge is -2.05. The van der Waals surface area contributed by atoms with Gasteiger partial charge in [-0.05, 0) is 34.7 Å². The van der Waals surface area contributed by atoms with Crippen LogP contribution in [0.2, 0.25) is 0 Å². The minimum Gasteiger partial charge on any atom is -0.504 e. The third-order valence-corrected chi connectivity index (χ3v) is 3.41. The van der Waals surface area contributed by atoms with Gasteiger partial charge in [-0.1, -0.05) is 6.07 Å². The lowest BCUT2D eigenvalue weighted by atomic mass is 10.1. The van der Waals surface area contributed by atoms with Gasteiger partial charge < -0.3 is 14.6 Å². The van der Waals surface area contributed by atoms with E-state index in [-0.39, 0.29) is 11.7 Å². The van der Waals surface area contributed by atoms with Gasteiger partial charge >= 0.3 is 5.97 Å². The molecule has 0 spiro atoms. The Hall–Kier alpha value is -2.01. The van der Waals surface area contributed by atoms with Crippen LogP contribution in [0, 0.1) is 0 Å². The fourth-order valence-electron chi connectivity index (χ4n) is 1.55. The fourth-order valence-corrected chi connectivity index (χ4v) is 2.39. The number of benzene rings is 1. The Morgan fingerprint density at radius 1 is 1.22 bits per heavy atom. The molecular weight excluding hydrogens is 252 g/mol. The van der Waals surface area contributed by atoms with Crippen molar-refractivity contribution in [3.8, 4) is 22.6 Å². The zero-order valence-electron chi connectivity index (χ0n) is 9.97. The number of hydrogen-bond acceptors (Lipinski definition) is 5. The third kappa shape index (κ3) is 2.31. The van der Waals surface area contributed by atoms with Crippen molar-refractivity contribution in [2.45, 2.75) is 0 Å². The summed E-state index contributed by atoms with van der Waals surface area (Å²) in [6.45, 7) is 0. The van der Waals surface area contributed by atoms with Crippen molar-refractivity contribution in [2.75, 3.05) is 14.2 Å². The summed E-state index contributed by atoms with van der Waals surface area (Å²) in [5, 5.41) is 11.4. The second-order valence-corrected chi connectivity index (χ2v) is 4.49. The van der Waals surface area contributed by atoms with E-state index in [0.717, 1.165) is 11.1 Å². The van der Waals surface area contributed by atoms with E-state index >= 15 is 0 Å². The summed E-state index contributed by atoms with van der Waals surface area (Å²) in [5.74, 6) is 0.139. The lowest BCUT2D eigenvalue weighted by Crippen LogP contribution is -1.96. The minimum atomic E-state index is -0.350. The van der Waals surface area contributed by atoms with Gasteiger partial charge in [0.25, 0.3) is 0 Å². The van der Waals surface area contributed by atoms with E-state index in [0.29, 0.717) is 10.6 Å². The summed E-state index contributed by atoms with van der Waals surface area (Å²) in [6, 6.07) is 6.80. The van der Waals surface area contributed by atoms with Crippen molar-refractivity contribution < 1.29 is 19.4 Å². The molecule has 18 heavy (non-hydrogen) atoms. The highest BCUT2D eigenvalue weighted by Gasteiger charge is 2.11. The highest BCUT2D eigenvalue weighted by Crippen LogP contribution is 2.33. The first-order chi connectivity index (χ1) is 8.65.